The molecule has 1 aromatic rings. The van der Waals surface area contributed by atoms with Crippen LogP contribution in [-0.2, 0) is 4.79 Å². The van der Waals surface area contributed by atoms with Crippen molar-refractivity contribution in [3.05, 3.63) is 35.9 Å². The Hall–Kier alpha value is -1.35. The maximum atomic E-state index is 12.2. The second-order valence-corrected chi connectivity index (χ2v) is 4.87. The molecule has 0 radical (unpaired) electrons. The maximum absolute atomic E-state index is 12.2. The van der Waals surface area contributed by atoms with Crippen LogP contribution in [0, 0.1) is 0 Å². The summed E-state index contributed by atoms with van der Waals surface area (Å²) < 4.78 is 0. The first-order valence-corrected chi connectivity index (χ1v) is 6.90. The minimum atomic E-state index is -0.141. The molecule has 1 aliphatic heterocycles. The SMILES string of the molecule is CCCCCCN1CNC(c2ccccc2)C1=O. The quantitative estimate of drug-likeness (QED) is 0.783. The van der Waals surface area contributed by atoms with E-state index in [4.69, 9.17) is 0 Å². The van der Waals surface area contributed by atoms with Crippen molar-refractivity contribution in [3.8, 4) is 0 Å². The number of hydrogen-bond acceptors (Lipinski definition) is 2. The average molecular weight is 246 g/mol. The zero-order chi connectivity index (χ0) is 12.8. The Morgan fingerprint density at radius 1 is 1.22 bits per heavy atom. The van der Waals surface area contributed by atoms with Gasteiger partial charge in [0.25, 0.3) is 0 Å². The predicted octanol–water partition coefficient (Wildman–Crippen LogP) is 2.70. The number of carbonyl (C=O) groups excluding carboxylic acids is 1. The van der Waals surface area contributed by atoms with Crippen molar-refractivity contribution in [2.24, 2.45) is 0 Å². The standard InChI is InChI=1S/C15H22N2O/c1-2-3-4-8-11-17-12-16-14(15(17)18)13-9-6-5-7-10-13/h5-7,9-10,14,16H,2-4,8,11-12H2,1H3. The van der Waals surface area contributed by atoms with E-state index in [9.17, 15) is 4.79 Å². The van der Waals surface area contributed by atoms with Crippen LogP contribution in [0.1, 0.15) is 44.2 Å². The normalized spacial score (nSPS) is 19.5. The summed E-state index contributed by atoms with van der Waals surface area (Å²) in [5.74, 6) is 0.220. The van der Waals surface area contributed by atoms with Gasteiger partial charge in [-0.25, -0.2) is 0 Å². The van der Waals surface area contributed by atoms with Crippen molar-refractivity contribution in [3.63, 3.8) is 0 Å². The van der Waals surface area contributed by atoms with Crippen LogP contribution in [0.4, 0.5) is 0 Å². The van der Waals surface area contributed by atoms with E-state index in [0.29, 0.717) is 6.67 Å². The fourth-order valence-corrected chi connectivity index (χ4v) is 2.37. The molecule has 1 atom stereocenters. The van der Waals surface area contributed by atoms with Gasteiger partial charge in [-0.3, -0.25) is 10.1 Å². The lowest BCUT2D eigenvalue weighted by atomic mass is 10.1. The molecule has 0 spiro atoms. The zero-order valence-corrected chi connectivity index (χ0v) is 11.1. The van der Waals surface area contributed by atoms with Gasteiger partial charge in [0.05, 0.1) is 6.67 Å². The van der Waals surface area contributed by atoms with Crippen LogP contribution in [0.25, 0.3) is 0 Å². The molecule has 1 N–H and O–H groups in total. The molecule has 98 valence electrons. The molecule has 3 heteroatoms. The summed E-state index contributed by atoms with van der Waals surface area (Å²) >= 11 is 0. The van der Waals surface area contributed by atoms with Crippen LogP contribution in [0.15, 0.2) is 30.3 Å². The van der Waals surface area contributed by atoms with Crippen molar-refractivity contribution >= 4 is 5.91 Å². The Morgan fingerprint density at radius 3 is 2.72 bits per heavy atom. The minimum Gasteiger partial charge on any atom is -0.328 e. The van der Waals surface area contributed by atoms with Gasteiger partial charge in [-0.15, -0.1) is 0 Å². The van der Waals surface area contributed by atoms with Gasteiger partial charge in [-0.05, 0) is 12.0 Å². The molecule has 1 unspecified atom stereocenters. The highest BCUT2D eigenvalue weighted by Gasteiger charge is 2.31. The minimum absolute atomic E-state index is 0.141. The molecule has 18 heavy (non-hydrogen) atoms. The lowest BCUT2D eigenvalue weighted by Gasteiger charge is -2.15. The lowest BCUT2D eigenvalue weighted by Crippen LogP contribution is -2.27. The second-order valence-electron chi connectivity index (χ2n) is 4.87. The summed E-state index contributed by atoms with van der Waals surface area (Å²) in [5.41, 5.74) is 1.07. The van der Waals surface area contributed by atoms with E-state index < -0.39 is 0 Å². The molecule has 1 amide bonds. The van der Waals surface area contributed by atoms with Gasteiger partial charge in [-0.2, -0.15) is 0 Å². The van der Waals surface area contributed by atoms with Crippen LogP contribution in [0.5, 0.6) is 0 Å². The number of hydrogen-bond donors (Lipinski definition) is 1. The van der Waals surface area contributed by atoms with E-state index in [1.807, 2.05) is 35.2 Å². The largest absolute Gasteiger partial charge is 0.328 e. The summed E-state index contributed by atoms with van der Waals surface area (Å²) in [6.07, 6.45) is 4.83. The third-order valence-corrected chi connectivity index (χ3v) is 3.46. The third-order valence-electron chi connectivity index (χ3n) is 3.46. The third kappa shape index (κ3) is 3.10. The van der Waals surface area contributed by atoms with Gasteiger partial charge in [-0.1, -0.05) is 56.5 Å². The topological polar surface area (TPSA) is 32.3 Å². The van der Waals surface area contributed by atoms with Gasteiger partial charge in [0.2, 0.25) is 5.91 Å². The Morgan fingerprint density at radius 2 is 2.00 bits per heavy atom. The molecule has 2 rings (SSSR count). The second kappa shape index (κ2) is 6.55. The zero-order valence-electron chi connectivity index (χ0n) is 11.1. The monoisotopic (exact) mass is 246 g/mol. The van der Waals surface area contributed by atoms with Gasteiger partial charge in [0, 0.05) is 6.54 Å². The van der Waals surface area contributed by atoms with Crippen molar-refractivity contribution < 1.29 is 4.79 Å². The smallest absolute Gasteiger partial charge is 0.245 e. The number of carbonyl (C=O) groups is 1. The Bertz CT molecular complexity index is 377. The molecule has 3 nitrogen and oxygen atoms in total. The van der Waals surface area contributed by atoms with Crippen LogP contribution >= 0.6 is 0 Å². The van der Waals surface area contributed by atoms with E-state index in [2.05, 4.69) is 12.2 Å². The number of nitrogens with one attached hydrogen (secondary N) is 1. The summed E-state index contributed by atoms with van der Waals surface area (Å²) in [6.45, 7) is 3.77. The lowest BCUT2D eigenvalue weighted by molar-refractivity contribution is -0.129. The van der Waals surface area contributed by atoms with E-state index in [1.165, 1.54) is 19.3 Å². The van der Waals surface area contributed by atoms with Crippen LogP contribution < -0.4 is 5.32 Å². The van der Waals surface area contributed by atoms with Gasteiger partial charge < -0.3 is 4.90 Å². The van der Waals surface area contributed by atoms with Crippen LogP contribution in [-0.4, -0.2) is 24.0 Å². The summed E-state index contributed by atoms with van der Waals surface area (Å²) in [4.78, 5) is 14.2. The highest BCUT2D eigenvalue weighted by molar-refractivity contribution is 5.85. The molecule has 1 fully saturated rings. The van der Waals surface area contributed by atoms with Crippen molar-refractivity contribution in [1.29, 1.82) is 0 Å². The van der Waals surface area contributed by atoms with Gasteiger partial charge >= 0.3 is 0 Å². The Labute approximate surface area is 109 Å². The average Bonchev–Trinajstić information content (AvgIpc) is 2.77. The molecule has 1 saturated heterocycles. The van der Waals surface area contributed by atoms with Crippen molar-refractivity contribution in [2.75, 3.05) is 13.2 Å². The summed E-state index contributed by atoms with van der Waals surface area (Å²) in [5, 5.41) is 3.29. The number of amides is 1. The van der Waals surface area contributed by atoms with Gasteiger partial charge in [0.15, 0.2) is 0 Å². The molecule has 1 aliphatic rings. The Balaban J connectivity index is 1.86. The summed E-state index contributed by atoms with van der Waals surface area (Å²) in [7, 11) is 0. The van der Waals surface area contributed by atoms with Crippen molar-refractivity contribution in [2.45, 2.75) is 38.6 Å². The number of rotatable bonds is 6. The number of benzene rings is 1. The highest BCUT2D eigenvalue weighted by Crippen LogP contribution is 2.20. The van der Waals surface area contributed by atoms with Gasteiger partial charge in [0.1, 0.15) is 6.04 Å². The Kier molecular flexibility index (Phi) is 4.76. The molecular weight excluding hydrogens is 224 g/mol. The van der Waals surface area contributed by atoms with E-state index in [0.717, 1.165) is 18.5 Å². The predicted molar refractivity (Wildman–Crippen MR) is 73.0 cm³/mol. The first-order chi connectivity index (χ1) is 8.83. The van der Waals surface area contributed by atoms with Crippen LogP contribution in [0.2, 0.25) is 0 Å². The van der Waals surface area contributed by atoms with E-state index >= 15 is 0 Å². The van der Waals surface area contributed by atoms with E-state index in [-0.39, 0.29) is 11.9 Å². The number of unbranched alkanes of at least 4 members (excludes halogenated alkanes) is 3. The first kappa shape index (κ1) is 13.1. The summed E-state index contributed by atoms with van der Waals surface area (Å²) in [6, 6.07) is 9.82. The molecule has 0 saturated carbocycles. The fraction of sp³-hybridized carbons (Fsp3) is 0.533. The van der Waals surface area contributed by atoms with Crippen molar-refractivity contribution in [1.82, 2.24) is 10.2 Å². The molecular formula is C15H22N2O. The molecule has 0 aliphatic carbocycles. The fourth-order valence-electron chi connectivity index (χ4n) is 2.37. The maximum Gasteiger partial charge on any atom is 0.245 e. The molecule has 0 aromatic heterocycles. The molecule has 1 aromatic carbocycles. The molecule has 0 bridgehead atoms. The molecule has 1 heterocycles. The van der Waals surface area contributed by atoms with E-state index in [1.54, 1.807) is 0 Å². The first-order valence-electron chi connectivity index (χ1n) is 6.90. The number of nitrogens with zero attached hydrogens (tertiary/aromatic N) is 1. The highest BCUT2D eigenvalue weighted by atomic mass is 16.2. The van der Waals surface area contributed by atoms with Crippen LogP contribution in [0.3, 0.4) is 0 Å².